The first-order valence-electron chi connectivity index (χ1n) is 10.5. The molecule has 0 bridgehead atoms. The van der Waals surface area contributed by atoms with Crippen LogP contribution in [0.1, 0.15) is 69.9 Å². The Hall–Kier alpha value is -1.84. The molecule has 4 nitrogen and oxygen atoms in total. The fourth-order valence-electron chi connectivity index (χ4n) is 5.29. The van der Waals surface area contributed by atoms with E-state index in [1.54, 1.807) is 0 Å². The van der Waals surface area contributed by atoms with E-state index in [0.29, 0.717) is 36.0 Å². The van der Waals surface area contributed by atoms with Gasteiger partial charge in [0.25, 0.3) is 0 Å². The van der Waals surface area contributed by atoms with E-state index in [1.807, 2.05) is 6.92 Å². The first-order valence-corrected chi connectivity index (χ1v) is 10.5. The molecule has 1 aliphatic heterocycles. The number of rotatable bonds is 5. The minimum Gasteiger partial charge on any atom is -0.351 e. The Balaban J connectivity index is 1.28. The third-order valence-electron chi connectivity index (χ3n) is 7.00. The van der Waals surface area contributed by atoms with Crippen molar-refractivity contribution in [2.75, 3.05) is 13.1 Å². The summed E-state index contributed by atoms with van der Waals surface area (Å²) in [6, 6.07) is 9.10. The molecule has 1 N–H and O–H groups in total. The van der Waals surface area contributed by atoms with E-state index in [9.17, 15) is 9.59 Å². The molecule has 3 aliphatic rings. The monoisotopic (exact) mass is 368 g/mol. The van der Waals surface area contributed by atoms with Crippen LogP contribution in [-0.4, -0.2) is 35.3 Å². The van der Waals surface area contributed by atoms with Crippen LogP contribution in [0.3, 0.4) is 0 Å². The standard InChI is InChI=1S/C23H32N2O2/c1-5-20(26)24-23(4)10-17(11-23)22(27)25-12-18-19(13-25)21(18)16-8-6-15(7-9-16)14(2)3/h6-9,14,17-19,21H,5,10-13H2,1-4H3,(H,24,26)/t17?,18-,19+,21?,23?. The zero-order chi connectivity index (χ0) is 19.3. The topological polar surface area (TPSA) is 49.4 Å². The van der Waals surface area contributed by atoms with E-state index in [-0.39, 0.29) is 17.4 Å². The minimum atomic E-state index is -0.184. The lowest BCUT2D eigenvalue weighted by molar-refractivity contribution is -0.142. The Bertz CT molecular complexity index is 721. The normalized spacial score (nSPS) is 34.2. The third-order valence-corrected chi connectivity index (χ3v) is 7.00. The number of benzene rings is 1. The summed E-state index contributed by atoms with van der Waals surface area (Å²) in [6.07, 6.45) is 2.07. The van der Waals surface area contributed by atoms with Crippen molar-refractivity contribution < 1.29 is 9.59 Å². The summed E-state index contributed by atoms with van der Waals surface area (Å²) in [7, 11) is 0. The summed E-state index contributed by atoms with van der Waals surface area (Å²) < 4.78 is 0. The van der Waals surface area contributed by atoms with Gasteiger partial charge in [0, 0.05) is 31.0 Å². The molecule has 1 aromatic rings. The summed E-state index contributed by atoms with van der Waals surface area (Å²) in [6.45, 7) is 10.2. The molecule has 4 rings (SSSR count). The van der Waals surface area contributed by atoms with Crippen molar-refractivity contribution in [2.45, 2.75) is 64.3 Å². The highest BCUT2D eigenvalue weighted by Crippen LogP contribution is 2.58. The van der Waals surface area contributed by atoms with Gasteiger partial charge in [-0.25, -0.2) is 0 Å². The van der Waals surface area contributed by atoms with Gasteiger partial charge in [-0.15, -0.1) is 0 Å². The van der Waals surface area contributed by atoms with Crippen LogP contribution in [0.5, 0.6) is 0 Å². The molecule has 146 valence electrons. The van der Waals surface area contributed by atoms with Gasteiger partial charge < -0.3 is 10.2 Å². The molecular weight excluding hydrogens is 336 g/mol. The molecule has 3 fully saturated rings. The maximum Gasteiger partial charge on any atom is 0.225 e. The highest BCUT2D eigenvalue weighted by atomic mass is 16.2. The van der Waals surface area contributed by atoms with Gasteiger partial charge in [0.05, 0.1) is 0 Å². The Morgan fingerprint density at radius 3 is 2.26 bits per heavy atom. The number of hydrogen-bond acceptors (Lipinski definition) is 2. The van der Waals surface area contributed by atoms with Gasteiger partial charge in [-0.05, 0) is 54.6 Å². The second-order valence-electron chi connectivity index (χ2n) is 9.49. The molecule has 2 aliphatic carbocycles. The number of carbonyl (C=O) groups is 2. The molecule has 1 saturated heterocycles. The summed E-state index contributed by atoms with van der Waals surface area (Å²) in [5.74, 6) is 2.98. The number of likely N-dealkylation sites (tertiary alicyclic amines) is 1. The molecule has 2 saturated carbocycles. The van der Waals surface area contributed by atoms with Crippen molar-refractivity contribution in [2.24, 2.45) is 17.8 Å². The number of piperidine rings is 1. The molecule has 27 heavy (non-hydrogen) atoms. The second kappa shape index (κ2) is 6.65. The number of nitrogens with one attached hydrogen (secondary N) is 1. The van der Waals surface area contributed by atoms with E-state index in [4.69, 9.17) is 0 Å². The molecule has 3 atom stereocenters. The summed E-state index contributed by atoms with van der Waals surface area (Å²) in [5.41, 5.74) is 2.65. The summed E-state index contributed by atoms with van der Waals surface area (Å²) >= 11 is 0. The SMILES string of the molecule is CCC(=O)NC1(C)CC(C(=O)N2C[C@@H]3C(c4ccc(C(C)C)cc4)[C@@H]3C2)C1. The van der Waals surface area contributed by atoms with Gasteiger partial charge in [-0.3, -0.25) is 9.59 Å². The molecule has 1 aromatic carbocycles. The lowest BCUT2D eigenvalue weighted by Gasteiger charge is -2.46. The highest BCUT2D eigenvalue weighted by molar-refractivity contribution is 5.82. The van der Waals surface area contributed by atoms with E-state index in [0.717, 1.165) is 25.9 Å². The van der Waals surface area contributed by atoms with Crippen LogP contribution in [0, 0.1) is 17.8 Å². The van der Waals surface area contributed by atoms with E-state index in [1.165, 1.54) is 11.1 Å². The highest BCUT2D eigenvalue weighted by Gasteiger charge is 2.58. The number of amides is 2. The van der Waals surface area contributed by atoms with Crippen molar-refractivity contribution in [1.29, 1.82) is 0 Å². The third kappa shape index (κ3) is 3.39. The van der Waals surface area contributed by atoms with Crippen LogP contribution in [0.2, 0.25) is 0 Å². The maximum atomic E-state index is 12.8. The molecule has 4 heteroatoms. The van der Waals surface area contributed by atoms with Gasteiger partial charge in [0.1, 0.15) is 0 Å². The van der Waals surface area contributed by atoms with Crippen molar-refractivity contribution in [3.63, 3.8) is 0 Å². The predicted molar refractivity (Wildman–Crippen MR) is 106 cm³/mol. The van der Waals surface area contributed by atoms with Crippen molar-refractivity contribution >= 4 is 11.8 Å². The van der Waals surface area contributed by atoms with E-state index < -0.39 is 0 Å². The number of nitrogens with zero attached hydrogens (tertiary/aromatic N) is 1. The van der Waals surface area contributed by atoms with Crippen LogP contribution < -0.4 is 5.32 Å². The maximum absolute atomic E-state index is 12.8. The van der Waals surface area contributed by atoms with Crippen molar-refractivity contribution in [3.05, 3.63) is 35.4 Å². The molecule has 0 spiro atoms. The Labute approximate surface area is 162 Å². The van der Waals surface area contributed by atoms with E-state index >= 15 is 0 Å². The lowest BCUT2D eigenvalue weighted by atomic mass is 9.68. The van der Waals surface area contributed by atoms with Gasteiger partial charge in [-0.2, -0.15) is 0 Å². The van der Waals surface area contributed by atoms with Crippen LogP contribution in [0.25, 0.3) is 0 Å². The zero-order valence-corrected chi connectivity index (χ0v) is 17.0. The van der Waals surface area contributed by atoms with Crippen molar-refractivity contribution in [3.8, 4) is 0 Å². The van der Waals surface area contributed by atoms with Gasteiger partial charge in [0.15, 0.2) is 0 Å². The molecule has 0 radical (unpaired) electrons. The molecule has 1 heterocycles. The Kier molecular flexibility index (Phi) is 4.56. The van der Waals surface area contributed by atoms with Crippen molar-refractivity contribution in [1.82, 2.24) is 10.2 Å². The molecular formula is C23H32N2O2. The average Bonchev–Trinajstić information content (AvgIpc) is 3.12. The molecule has 1 unspecified atom stereocenters. The first kappa shape index (κ1) is 18.5. The fourth-order valence-corrected chi connectivity index (χ4v) is 5.29. The predicted octanol–water partition coefficient (Wildman–Crippen LogP) is 3.68. The zero-order valence-electron chi connectivity index (χ0n) is 17.0. The number of fused-ring (bicyclic) bond motifs is 1. The summed E-state index contributed by atoms with van der Waals surface area (Å²) in [4.78, 5) is 26.5. The molecule has 0 aromatic heterocycles. The molecule has 2 amide bonds. The van der Waals surface area contributed by atoms with Crippen LogP contribution in [0.4, 0.5) is 0 Å². The Morgan fingerprint density at radius 2 is 1.74 bits per heavy atom. The Morgan fingerprint density at radius 1 is 1.15 bits per heavy atom. The smallest absolute Gasteiger partial charge is 0.225 e. The first-order chi connectivity index (χ1) is 12.8. The lowest BCUT2D eigenvalue weighted by Crippen LogP contribution is -2.58. The quantitative estimate of drug-likeness (QED) is 0.862. The van der Waals surface area contributed by atoms with Gasteiger partial charge in [0.2, 0.25) is 11.8 Å². The minimum absolute atomic E-state index is 0.0807. The largest absolute Gasteiger partial charge is 0.351 e. The number of carbonyl (C=O) groups excluding carboxylic acids is 2. The average molecular weight is 369 g/mol. The van der Waals surface area contributed by atoms with Gasteiger partial charge in [-0.1, -0.05) is 45.0 Å². The number of hydrogen-bond donors (Lipinski definition) is 1. The van der Waals surface area contributed by atoms with Crippen LogP contribution >= 0.6 is 0 Å². The summed E-state index contributed by atoms with van der Waals surface area (Å²) in [5, 5.41) is 3.07. The second-order valence-corrected chi connectivity index (χ2v) is 9.49. The van der Waals surface area contributed by atoms with Crippen LogP contribution in [-0.2, 0) is 9.59 Å². The fraction of sp³-hybridized carbons (Fsp3) is 0.652. The van der Waals surface area contributed by atoms with Gasteiger partial charge >= 0.3 is 0 Å². The van der Waals surface area contributed by atoms with Crippen LogP contribution in [0.15, 0.2) is 24.3 Å². The van der Waals surface area contributed by atoms with E-state index in [2.05, 4.69) is 55.3 Å².